The number of benzene rings is 1. The molecule has 68 valence electrons. The minimum absolute atomic E-state index is 0.470. The smallest absolute Gasteiger partial charge is 0.123 e. The molecule has 0 aliphatic rings. The van der Waals surface area contributed by atoms with Crippen LogP contribution in [0.15, 0.2) is 30.3 Å². The highest BCUT2D eigenvalue weighted by Crippen LogP contribution is 2.08. The highest BCUT2D eigenvalue weighted by molar-refractivity contribution is 6.17. The number of hydrogen-bond donors (Lipinski definition) is 0. The Labute approximate surface area is 83.0 Å². The number of aldehydes is 1. The van der Waals surface area contributed by atoms with Crippen molar-refractivity contribution in [3.63, 3.8) is 0 Å². The Morgan fingerprint density at radius 3 is 2.46 bits per heavy atom. The second-order valence-electron chi connectivity index (χ2n) is 2.68. The van der Waals surface area contributed by atoms with Crippen LogP contribution in [0.4, 0.5) is 0 Å². The first-order valence-corrected chi connectivity index (χ1v) is 4.65. The quantitative estimate of drug-likeness (QED) is 0.532. The van der Waals surface area contributed by atoms with E-state index in [-0.39, 0.29) is 0 Å². The molecule has 13 heavy (non-hydrogen) atoms. The summed E-state index contributed by atoms with van der Waals surface area (Å²) in [6.07, 6.45) is 5.11. The van der Waals surface area contributed by atoms with Gasteiger partial charge in [-0.05, 0) is 11.1 Å². The summed E-state index contributed by atoms with van der Waals surface area (Å²) >= 11 is 5.64. The second-order valence-corrected chi connectivity index (χ2v) is 2.95. The van der Waals surface area contributed by atoms with Crippen molar-refractivity contribution in [3.8, 4) is 0 Å². The van der Waals surface area contributed by atoms with Gasteiger partial charge in [-0.15, -0.1) is 11.6 Å². The summed E-state index contributed by atoms with van der Waals surface area (Å²) in [5.41, 5.74) is 2.20. The van der Waals surface area contributed by atoms with Crippen LogP contribution in [0.3, 0.4) is 0 Å². The second kappa shape index (κ2) is 5.55. The van der Waals surface area contributed by atoms with E-state index in [1.54, 1.807) is 0 Å². The minimum atomic E-state index is 0.470. The molecule has 2 heteroatoms. The summed E-state index contributed by atoms with van der Waals surface area (Å²) in [5, 5.41) is 0. The van der Waals surface area contributed by atoms with Crippen LogP contribution in [-0.4, -0.2) is 6.29 Å². The fourth-order valence-electron chi connectivity index (χ4n) is 0.978. The monoisotopic (exact) mass is 194 g/mol. The van der Waals surface area contributed by atoms with Gasteiger partial charge < -0.3 is 4.79 Å². The summed E-state index contributed by atoms with van der Waals surface area (Å²) in [4.78, 5) is 10.0. The van der Waals surface area contributed by atoms with Crippen molar-refractivity contribution in [2.75, 3.05) is 0 Å². The van der Waals surface area contributed by atoms with Crippen LogP contribution in [0.25, 0.3) is 6.08 Å². The Balaban J connectivity index is 2.63. The highest BCUT2D eigenvalue weighted by atomic mass is 35.5. The number of carbonyl (C=O) groups is 1. The molecule has 0 amide bonds. The maximum atomic E-state index is 10.0. The minimum Gasteiger partial charge on any atom is -0.303 e. The van der Waals surface area contributed by atoms with Crippen LogP contribution in [-0.2, 0) is 10.7 Å². The number of allylic oxidation sites excluding steroid dienone is 1. The zero-order chi connectivity index (χ0) is 9.52. The molecule has 0 aliphatic heterocycles. The summed E-state index contributed by atoms with van der Waals surface area (Å²) in [6.45, 7) is 0. The number of hydrogen-bond acceptors (Lipinski definition) is 1. The molecule has 1 nitrogen and oxygen atoms in total. The molecule has 0 aromatic heterocycles. The van der Waals surface area contributed by atoms with Crippen molar-refractivity contribution in [1.29, 1.82) is 0 Å². The summed E-state index contributed by atoms with van der Waals surface area (Å²) in [7, 11) is 0. The molecule has 0 atom stereocenters. The van der Waals surface area contributed by atoms with Crippen molar-refractivity contribution < 1.29 is 4.79 Å². The zero-order valence-electron chi connectivity index (χ0n) is 7.24. The van der Waals surface area contributed by atoms with Crippen LogP contribution >= 0.6 is 11.6 Å². The van der Waals surface area contributed by atoms with Gasteiger partial charge in [-0.25, -0.2) is 0 Å². The fraction of sp³-hybridized carbons (Fsp3) is 0.182. The molecule has 1 aromatic rings. The van der Waals surface area contributed by atoms with Gasteiger partial charge in [0.05, 0.1) is 0 Å². The van der Waals surface area contributed by atoms with Crippen LogP contribution in [0.2, 0.25) is 0 Å². The predicted octanol–water partition coefficient (Wildman–Crippen LogP) is 3.03. The Morgan fingerprint density at radius 1 is 1.23 bits per heavy atom. The number of halogens is 1. The van der Waals surface area contributed by atoms with Gasteiger partial charge in [-0.3, -0.25) is 0 Å². The van der Waals surface area contributed by atoms with Crippen molar-refractivity contribution in [2.24, 2.45) is 0 Å². The molecule has 0 fully saturated rings. The Morgan fingerprint density at radius 2 is 1.92 bits per heavy atom. The van der Waals surface area contributed by atoms with Crippen LogP contribution < -0.4 is 0 Å². The molecule has 0 saturated carbocycles. The molecule has 0 radical (unpaired) electrons. The Hall–Kier alpha value is -1.08. The number of carbonyl (C=O) groups excluding carboxylic acids is 1. The first kappa shape index (κ1) is 10.0. The number of rotatable bonds is 4. The standard InChI is InChI=1S/C11H11ClO/c12-9-11-6-4-10(5-7-11)3-1-2-8-13/h1,3-8H,2,9H2. The zero-order valence-corrected chi connectivity index (χ0v) is 8.00. The molecule has 0 unspecified atom stereocenters. The third-order valence-electron chi connectivity index (χ3n) is 1.68. The maximum absolute atomic E-state index is 10.0. The first-order valence-electron chi connectivity index (χ1n) is 4.12. The van der Waals surface area contributed by atoms with Gasteiger partial charge in [0.1, 0.15) is 6.29 Å². The maximum Gasteiger partial charge on any atom is 0.123 e. The van der Waals surface area contributed by atoms with E-state index < -0.39 is 0 Å². The first-order chi connectivity index (χ1) is 6.36. The van der Waals surface area contributed by atoms with E-state index in [0.717, 1.165) is 17.4 Å². The molecule has 1 aromatic carbocycles. The van der Waals surface area contributed by atoms with Gasteiger partial charge in [0, 0.05) is 12.3 Å². The summed E-state index contributed by atoms with van der Waals surface area (Å²) in [5.74, 6) is 0.540. The molecule has 0 bridgehead atoms. The van der Waals surface area contributed by atoms with E-state index in [1.807, 2.05) is 36.4 Å². The lowest BCUT2D eigenvalue weighted by atomic mass is 10.1. The van der Waals surface area contributed by atoms with E-state index in [4.69, 9.17) is 11.6 Å². The SMILES string of the molecule is O=CCC=Cc1ccc(CCl)cc1. The lowest BCUT2D eigenvalue weighted by Crippen LogP contribution is -1.77. The van der Waals surface area contributed by atoms with Gasteiger partial charge in [0.2, 0.25) is 0 Å². The normalized spacial score (nSPS) is 10.5. The van der Waals surface area contributed by atoms with Gasteiger partial charge in [0.15, 0.2) is 0 Å². The third kappa shape index (κ3) is 3.43. The molecule has 1 rings (SSSR count). The Kier molecular flexibility index (Phi) is 4.27. The van der Waals surface area contributed by atoms with E-state index in [2.05, 4.69) is 0 Å². The molecular formula is C11H11ClO. The lowest BCUT2D eigenvalue weighted by Gasteiger charge is -1.95. The molecule has 0 spiro atoms. The van der Waals surface area contributed by atoms with Crippen LogP contribution in [0.1, 0.15) is 17.5 Å². The van der Waals surface area contributed by atoms with E-state index in [0.29, 0.717) is 12.3 Å². The average molecular weight is 195 g/mol. The molecule has 0 saturated heterocycles. The van der Waals surface area contributed by atoms with E-state index in [9.17, 15) is 4.79 Å². The highest BCUT2D eigenvalue weighted by Gasteiger charge is 1.89. The van der Waals surface area contributed by atoms with Gasteiger partial charge in [-0.1, -0.05) is 36.4 Å². The lowest BCUT2D eigenvalue weighted by molar-refractivity contribution is -0.107. The number of alkyl halides is 1. The Bertz CT molecular complexity index is 287. The summed E-state index contributed by atoms with van der Waals surface area (Å²) < 4.78 is 0. The largest absolute Gasteiger partial charge is 0.303 e. The molecular weight excluding hydrogens is 184 g/mol. The third-order valence-corrected chi connectivity index (χ3v) is 1.99. The fourth-order valence-corrected chi connectivity index (χ4v) is 1.16. The predicted molar refractivity (Wildman–Crippen MR) is 55.7 cm³/mol. The molecule has 0 N–H and O–H groups in total. The topological polar surface area (TPSA) is 17.1 Å². The molecule has 0 heterocycles. The average Bonchev–Trinajstić information content (AvgIpc) is 2.19. The van der Waals surface area contributed by atoms with Gasteiger partial charge in [-0.2, -0.15) is 0 Å². The van der Waals surface area contributed by atoms with E-state index in [1.165, 1.54) is 0 Å². The summed E-state index contributed by atoms with van der Waals surface area (Å²) in [6, 6.07) is 7.93. The van der Waals surface area contributed by atoms with Crippen LogP contribution in [0.5, 0.6) is 0 Å². The van der Waals surface area contributed by atoms with Gasteiger partial charge in [0.25, 0.3) is 0 Å². The van der Waals surface area contributed by atoms with Gasteiger partial charge >= 0.3 is 0 Å². The van der Waals surface area contributed by atoms with Crippen molar-refractivity contribution in [1.82, 2.24) is 0 Å². The molecule has 0 aliphatic carbocycles. The van der Waals surface area contributed by atoms with Crippen LogP contribution in [0, 0.1) is 0 Å². The van der Waals surface area contributed by atoms with E-state index >= 15 is 0 Å². The van der Waals surface area contributed by atoms with Crippen molar-refractivity contribution >= 4 is 24.0 Å². The van der Waals surface area contributed by atoms with Crippen molar-refractivity contribution in [3.05, 3.63) is 41.5 Å². The van der Waals surface area contributed by atoms with Crippen molar-refractivity contribution in [2.45, 2.75) is 12.3 Å².